The van der Waals surface area contributed by atoms with Crippen molar-refractivity contribution in [3.63, 3.8) is 0 Å². The summed E-state index contributed by atoms with van der Waals surface area (Å²) in [6.07, 6.45) is 4.13. The number of aromatic nitrogens is 2. The summed E-state index contributed by atoms with van der Waals surface area (Å²) in [5.74, 6) is -0.0776. The van der Waals surface area contributed by atoms with Gasteiger partial charge in [0.1, 0.15) is 0 Å². The van der Waals surface area contributed by atoms with Crippen LogP contribution < -0.4 is 0 Å². The molecule has 0 bridgehead atoms. The molecule has 3 rings (SSSR count). The van der Waals surface area contributed by atoms with E-state index >= 15 is 0 Å². The van der Waals surface area contributed by atoms with Gasteiger partial charge in [-0.1, -0.05) is 58.4 Å². The molecule has 5 nitrogen and oxygen atoms in total. The lowest BCUT2D eigenvalue weighted by atomic mass is 10.1. The molecule has 0 radical (unpaired) electrons. The molecule has 0 aliphatic heterocycles. The van der Waals surface area contributed by atoms with Crippen LogP contribution in [0.2, 0.25) is 0 Å². The number of carbonyl (C=O) groups excluding carboxylic acids is 2. The highest BCUT2D eigenvalue weighted by atomic mass is 79.9. The Balaban J connectivity index is 1.49. The summed E-state index contributed by atoms with van der Waals surface area (Å²) in [5, 5.41) is 4.37. The Bertz CT molecular complexity index is 936. The second-order valence-corrected chi connectivity index (χ2v) is 7.63. The fraction of sp³-hybridized carbons (Fsp3) is 0.227. The quantitative estimate of drug-likeness (QED) is 0.491. The van der Waals surface area contributed by atoms with E-state index in [9.17, 15) is 9.59 Å². The fourth-order valence-electron chi connectivity index (χ4n) is 2.90. The van der Waals surface area contributed by atoms with Crippen molar-refractivity contribution in [2.45, 2.75) is 25.9 Å². The maximum Gasteiger partial charge on any atom is 0.223 e. The van der Waals surface area contributed by atoms with Gasteiger partial charge in [0, 0.05) is 48.2 Å². The summed E-state index contributed by atoms with van der Waals surface area (Å²) in [5.41, 5.74) is 2.76. The van der Waals surface area contributed by atoms with Crippen molar-refractivity contribution in [1.82, 2.24) is 14.7 Å². The molecule has 0 fully saturated rings. The Morgan fingerprint density at radius 2 is 1.71 bits per heavy atom. The Morgan fingerprint density at radius 3 is 2.43 bits per heavy atom. The second-order valence-electron chi connectivity index (χ2n) is 6.71. The van der Waals surface area contributed by atoms with Gasteiger partial charge in [-0.3, -0.25) is 14.3 Å². The largest absolute Gasteiger partial charge is 0.341 e. The molecule has 1 heterocycles. The van der Waals surface area contributed by atoms with E-state index in [1.165, 1.54) is 5.56 Å². The highest BCUT2D eigenvalue weighted by Gasteiger charge is 2.14. The van der Waals surface area contributed by atoms with Crippen LogP contribution in [0.15, 0.2) is 71.5 Å². The van der Waals surface area contributed by atoms with Crippen molar-refractivity contribution < 1.29 is 9.59 Å². The monoisotopic (exact) mass is 439 g/mol. The molecular weight excluding hydrogens is 418 g/mol. The molecule has 0 unspecified atom stereocenters. The first-order chi connectivity index (χ1) is 13.5. The Kier molecular flexibility index (Phi) is 6.76. The lowest BCUT2D eigenvalue weighted by molar-refractivity contribution is -0.130. The topological polar surface area (TPSA) is 55.2 Å². The van der Waals surface area contributed by atoms with Gasteiger partial charge in [0.05, 0.1) is 12.7 Å². The maximum absolute atomic E-state index is 12.4. The third kappa shape index (κ3) is 5.63. The van der Waals surface area contributed by atoms with Crippen molar-refractivity contribution in [3.8, 4) is 0 Å². The van der Waals surface area contributed by atoms with Crippen molar-refractivity contribution >= 4 is 27.6 Å². The molecular formula is C22H22BrN3O2. The van der Waals surface area contributed by atoms with Crippen LogP contribution >= 0.6 is 15.9 Å². The van der Waals surface area contributed by atoms with Crippen LogP contribution in [0.25, 0.3) is 0 Å². The highest BCUT2D eigenvalue weighted by molar-refractivity contribution is 9.10. The van der Waals surface area contributed by atoms with Crippen molar-refractivity contribution in [2.24, 2.45) is 0 Å². The average molecular weight is 440 g/mol. The van der Waals surface area contributed by atoms with E-state index in [1.54, 1.807) is 30.3 Å². The van der Waals surface area contributed by atoms with E-state index in [1.807, 2.05) is 41.2 Å². The summed E-state index contributed by atoms with van der Waals surface area (Å²) >= 11 is 3.35. The third-order valence-corrected chi connectivity index (χ3v) is 4.98. The van der Waals surface area contributed by atoms with Gasteiger partial charge in [0.25, 0.3) is 0 Å². The summed E-state index contributed by atoms with van der Waals surface area (Å²) in [7, 11) is 1.75. The van der Waals surface area contributed by atoms with Crippen molar-refractivity contribution in [1.29, 1.82) is 0 Å². The number of nitrogens with zero attached hydrogens (tertiary/aromatic N) is 3. The molecule has 0 spiro atoms. The summed E-state index contributed by atoms with van der Waals surface area (Å²) in [4.78, 5) is 26.2. The lowest BCUT2D eigenvalue weighted by Crippen LogP contribution is -2.26. The van der Waals surface area contributed by atoms with Crippen LogP contribution in [-0.2, 0) is 17.9 Å². The van der Waals surface area contributed by atoms with E-state index in [-0.39, 0.29) is 24.5 Å². The fourth-order valence-corrected chi connectivity index (χ4v) is 3.16. The maximum atomic E-state index is 12.4. The van der Waals surface area contributed by atoms with Gasteiger partial charge in [-0.15, -0.1) is 0 Å². The summed E-state index contributed by atoms with van der Waals surface area (Å²) < 4.78 is 2.78. The number of Topliss-reactive ketones (excluding diaryl/α,β-unsaturated/α-hetero) is 1. The van der Waals surface area contributed by atoms with E-state index in [2.05, 4.69) is 33.2 Å². The van der Waals surface area contributed by atoms with Crippen molar-refractivity contribution in [2.75, 3.05) is 7.05 Å². The van der Waals surface area contributed by atoms with Crippen LogP contribution in [0.1, 0.15) is 34.3 Å². The van der Waals surface area contributed by atoms with Crippen LogP contribution in [-0.4, -0.2) is 33.4 Å². The standard InChI is InChI=1S/C22H22BrN3O2/c1-25(22(28)12-11-21(27)19-7-9-20(23)10-8-19)14-18-13-24-26(16-18)15-17-5-3-2-4-6-17/h2-10,13,16H,11-12,14-15H2,1H3. The molecule has 2 aromatic carbocycles. The minimum Gasteiger partial charge on any atom is -0.341 e. The SMILES string of the molecule is CN(Cc1cnn(Cc2ccccc2)c1)C(=O)CCC(=O)c1ccc(Br)cc1. The van der Waals surface area contributed by atoms with E-state index in [0.29, 0.717) is 18.7 Å². The van der Waals surface area contributed by atoms with Gasteiger partial charge in [0.15, 0.2) is 5.78 Å². The van der Waals surface area contributed by atoms with E-state index < -0.39 is 0 Å². The number of benzene rings is 2. The number of ketones is 1. The number of carbonyl (C=O) groups is 2. The zero-order valence-corrected chi connectivity index (χ0v) is 17.3. The first kappa shape index (κ1) is 20.0. The number of hydrogen-bond acceptors (Lipinski definition) is 3. The van der Waals surface area contributed by atoms with Crippen LogP contribution in [0.3, 0.4) is 0 Å². The Morgan fingerprint density at radius 1 is 1.00 bits per heavy atom. The Hall–Kier alpha value is -2.73. The third-order valence-electron chi connectivity index (χ3n) is 4.45. The lowest BCUT2D eigenvalue weighted by Gasteiger charge is -2.16. The molecule has 0 aliphatic rings. The van der Waals surface area contributed by atoms with Gasteiger partial charge in [-0.25, -0.2) is 0 Å². The predicted octanol–water partition coefficient (Wildman–Crippen LogP) is 4.32. The molecule has 28 heavy (non-hydrogen) atoms. The van der Waals surface area contributed by atoms with Gasteiger partial charge < -0.3 is 4.90 Å². The number of halogens is 1. The summed E-state index contributed by atoms with van der Waals surface area (Å²) in [6, 6.07) is 17.3. The van der Waals surface area contributed by atoms with Crippen molar-refractivity contribution in [3.05, 3.63) is 88.2 Å². The second kappa shape index (κ2) is 9.46. The van der Waals surface area contributed by atoms with Crippen LogP contribution in [0.5, 0.6) is 0 Å². The predicted molar refractivity (Wildman–Crippen MR) is 112 cm³/mol. The molecule has 3 aromatic rings. The molecule has 6 heteroatoms. The molecule has 0 saturated carbocycles. The van der Waals surface area contributed by atoms with Gasteiger partial charge in [-0.05, 0) is 17.7 Å². The van der Waals surface area contributed by atoms with Gasteiger partial charge in [-0.2, -0.15) is 5.10 Å². The van der Waals surface area contributed by atoms with Crippen LogP contribution in [0, 0.1) is 0 Å². The molecule has 144 valence electrons. The number of hydrogen-bond donors (Lipinski definition) is 0. The first-order valence-electron chi connectivity index (χ1n) is 9.09. The number of rotatable bonds is 8. The number of amides is 1. The minimum absolute atomic E-state index is 0.0232. The van der Waals surface area contributed by atoms with Crippen LogP contribution in [0.4, 0.5) is 0 Å². The van der Waals surface area contributed by atoms with Gasteiger partial charge in [0.2, 0.25) is 5.91 Å². The normalized spacial score (nSPS) is 10.6. The minimum atomic E-state index is -0.0544. The van der Waals surface area contributed by atoms with E-state index in [4.69, 9.17) is 0 Å². The van der Waals surface area contributed by atoms with Gasteiger partial charge >= 0.3 is 0 Å². The molecule has 0 atom stereocenters. The zero-order valence-electron chi connectivity index (χ0n) is 15.7. The average Bonchev–Trinajstić information content (AvgIpc) is 3.13. The highest BCUT2D eigenvalue weighted by Crippen LogP contribution is 2.13. The zero-order chi connectivity index (χ0) is 19.9. The molecule has 1 amide bonds. The molecule has 0 aliphatic carbocycles. The smallest absolute Gasteiger partial charge is 0.223 e. The Labute approximate surface area is 173 Å². The molecule has 1 aromatic heterocycles. The molecule has 0 N–H and O–H groups in total. The molecule has 0 saturated heterocycles. The summed E-state index contributed by atoms with van der Waals surface area (Å²) in [6.45, 7) is 1.17. The van der Waals surface area contributed by atoms with E-state index in [0.717, 1.165) is 10.0 Å². The first-order valence-corrected chi connectivity index (χ1v) is 9.88.